The molecular formula is C25H33FN2O3. The highest BCUT2D eigenvalue weighted by Crippen LogP contribution is 2.33. The van der Waals surface area contributed by atoms with Crippen molar-refractivity contribution < 1.29 is 18.7 Å². The number of nitrogens with zero attached hydrogens (tertiary/aromatic N) is 1. The van der Waals surface area contributed by atoms with E-state index < -0.39 is 0 Å². The molecule has 1 heterocycles. The van der Waals surface area contributed by atoms with E-state index in [0.29, 0.717) is 42.1 Å². The van der Waals surface area contributed by atoms with Crippen molar-refractivity contribution in [2.24, 2.45) is 0 Å². The van der Waals surface area contributed by atoms with Crippen LogP contribution in [0.5, 0.6) is 5.75 Å². The highest BCUT2D eigenvalue weighted by molar-refractivity contribution is 5.96. The standard InChI is InChI=1S/C25H33FN2O3/c1-18(2)28(20-8-6-13-27-17-20)25(29)19-11-12-22(21-9-4-5-10-23(21)26)24(16-19)31-15-7-14-30-3/h4-5,9-12,16,18,20,27H,6-8,13-15,17H2,1-3H3/t20-/m1/s1. The van der Waals surface area contributed by atoms with Crippen LogP contribution in [0.4, 0.5) is 4.39 Å². The number of ether oxygens (including phenoxy) is 2. The van der Waals surface area contributed by atoms with E-state index in [9.17, 15) is 9.18 Å². The molecule has 0 radical (unpaired) electrons. The summed E-state index contributed by atoms with van der Waals surface area (Å²) in [6, 6.07) is 12.2. The number of carbonyl (C=O) groups excluding carboxylic acids is 1. The Bertz CT molecular complexity index is 866. The van der Waals surface area contributed by atoms with E-state index in [0.717, 1.165) is 25.9 Å². The molecule has 0 saturated carbocycles. The Balaban J connectivity index is 1.92. The summed E-state index contributed by atoms with van der Waals surface area (Å²) in [7, 11) is 1.64. The van der Waals surface area contributed by atoms with Crippen molar-refractivity contribution in [3.05, 3.63) is 53.8 Å². The topological polar surface area (TPSA) is 50.8 Å². The molecule has 0 spiro atoms. The summed E-state index contributed by atoms with van der Waals surface area (Å²) >= 11 is 0. The normalized spacial score (nSPS) is 16.4. The molecule has 3 rings (SSSR count). The quantitative estimate of drug-likeness (QED) is 0.597. The van der Waals surface area contributed by atoms with Crippen LogP contribution in [0, 0.1) is 5.82 Å². The fraction of sp³-hybridized carbons (Fsp3) is 0.480. The van der Waals surface area contributed by atoms with E-state index in [1.165, 1.54) is 6.07 Å². The summed E-state index contributed by atoms with van der Waals surface area (Å²) in [5, 5.41) is 3.39. The van der Waals surface area contributed by atoms with Gasteiger partial charge in [0.1, 0.15) is 11.6 Å². The van der Waals surface area contributed by atoms with Gasteiger partial charge in [-0.3, -0.25) is 4.79 Å². The smallest absolute Gasteiger partial charge is 0.254 e. The van der Waals surface area contributed by atoms with Gasteiger partial charge in [-0.1, -0.05) is 18.2 Å². The van der Waals surface area contributed by atoms with Gasteiger partial charge in [-0.05, 0) is 57.5 Å². The van der Waals surface area contributed by atoms with Crippen LogP contribution in [-0.2, 0) is 4.74 Å². The number of amides is 1. The minimum Gasteiger partial charge on any atom is -0.493 e. The summed E-state index contributed by atoms with van der Waals surface area (Å²) in [6.45, 7) is 6.88. The second-order valence-corrected chi connectivity index (χ2v) is 8.19. The zero-order valence-corrected chi connectivity index (χ0v) is 18.7. The summed E-state index contributed by atoms with van der Waals surface area (Å²) in [4.78, 5) is 15.4. The van der Waals surface area contributed by atoms with Crippen molar-refractivity contribution >= 4 is 5.91 Å². The summed E-state index contributed by atoms with van der Waals surface area (Å²) in [6.07, 6.45) is 2.75. The number of hydrogen-bond acceptors (Lipinski definition) is 4. The fourth-order valence-corrected chi connectivity index (χ4v) is 4.10. The molecule has 2 aromatic carbocycles. The van der Waals surface area contributed by atoms with Gasteiger partial charge in [-0.25, -0.2) is 4.39 Å². The lowest BCUT2D eigenvalue weighted by molar-refractivity contribution is 0.0573. The molecule has 2 aromatic rings. The molecule has 31 heavy (non-hydrogen) atoms. The van der Waals surface area contributed by atoms with Crippen LogP contribution >= 0.6 is 0 Å². The Morgan fingerprint density at radius 1 is 1.19 bits per heavy atom. The molecule has 1 amide bonds. The van der Waals surface area contributed by atoms with Crippen LogP contribution in [0.1, 0.15) is 43.5 Å². The minimum absolute atomic E-state index is 0.0227. The number of benzene rings is 2. The Hall–Kier alpha value is -2.44. The minimum atomic E-state index is -0.319. The second kappa shape index (κ2) is 11.3. The van der Waals surface area contributed by atoms with Crippen LogP contribution in [0.2, 0.25) is 0 Å². The third kappa shape index (κ3) is 5.83. The van der Waals surface area contributed by atoms with Crippen molar-refractivity contribution in [2.75, 3.05) is 33.4 Å². The highest BCUT2D eigenvalue weighted by atomic mass is 19.1. The number of carbonyl (C=O) groups is 1. The van der Waals surface area contributed by atoms with Crippen LogP contribution in [0.25, 0.3) is 11.1 Å². The average Bonchev–Trinajstić information content (AvgIpc) is 2.78. The number of methoxy groups -OCH3 is 1. The molecule has 168 valence electrons. The Morgan fingerprint density at radius 2 is 2.00 bits per heavy atom. The van der Waals surface area contributed by atoms with Gasteiger partial charge in [0.25, 0.3) is 5.91 Å². The average molecular weight is 429 g/mol. The van der Waals surface area contributed by atoms with Gasteiger partial charge < -0.3 is 19.7 Å². The zero-order valence-electron chi connectivity index (χ0n) is 18.7. The largest absolute Gasteiger partial charge is 0.493 e. The Morgan fingerprint density at radius 3 is 2.68 bits per heavy atom. The third-order valence-corrected chi connectivity index (χ3v) is 5.60. The fourth-order valence-electron chi connectivity index (χ4n) is 4.10. The van der Waals surface area contributed by atoms with E-state index in [4.69, 9.17) is 9.47 Å². The van der Waals surface area contributed by atoms with E-state index in [1.54, 1.807) is 43.5 Å². The van der Waals surface area contributed by atoms with Gasteiger partial charge >= 0.3 is 0 Å². The predicted octanol–water partition coefficient (Wildman–Crippen LogP) is 4.51. The van der Waals surface area contributed by atoms with Gasteiger partial charge in [-0.2, -0.15) is 0 Å². The molecule has 1 saturated heterocycles. The molecule has 0 unspecified atom stereocenters. The Kier molecular flexibility index (Phi) is 8.43. The highest BCUT2D eigenvalue weighted by Gasteiger charge is 2.29. The molecule has 5 nitrogen and oxygen atoms in total. The molecule has 1 fully saturated rings. The first-order valence-corrected chi connectivity index (χ1v) is 11.1. The van der Waals surface area contributed by atoms with Crippen LogP contribution < -0.4 is 10.1 Å². The van der Waals surface area contributed by atoms with Crippen LogP contribution in [0.15, 0.2) is 42.5 Å². The predicted molar refractivity (Wildman–Crippen MR) is 121 cm³/mol. The SMILES string of the molecule is COCCCOc1cc(C(=O)N(C(C)C)[C@@H]2CCCNC2)ccc1-c1ccccc1F. The van der Waals surface area contributed by atoms with E-state index in [1.807, 2.05) is 18.7 Å². The van der Waals surface area contributed by atoms with Gasteiger partial charge in [0.2, 0.25) is 0 Å². The maximum absolute atomic E-state index is 14.5. The first kappa shape index (κ1) is 23.2. The van der Waals surface area contributed by atoms with E-state index in [-0.39, 0.29) is 23.8 Å². The van der Waals surface area contributed by atoms with Crippen molar-refractivity contribution in [3.8, 4) is 16.9 Å². The van der Waals surface area contributed by atoms with Gasteiger partial charge in [-0.15, -0.1) is 0 Å². The Labute approximate surface area is 184 Å². The molecule has 6 heteroatoms. The number of nitrogens with one attached hydrogen (secondary N) is 1. The first-order valence-electron chi connectivity index (χ1n) is 11.1. The molecule has 0 aromatic heterocycles. The van der Waals surface area contributed by atoms with Crippen molar-refractivity contribution in [1.82, 2.24) is 10.2 Å². The number of rotatable bonds is 9. The summed E-state index contributed by atoms with van der Waals surface area (Å²) < 4.78 is 25.6. The molecule has 1 aliphatic rings. The maximum Gasteiger partial charge on any atom is 0.254 e. The number of halogens is 1. The van der Waals surface area contributed by atoms with E-state index >= 15 is 0 Å². The van der Waals surface area contributed by atoms with Crippen molar-refractivity contribution in [2.45, 2.75) is 45.2 Å². The third-order valence-electron chi connectivity index (χ3n) is 5.60. The van der Waals surface area contributed by atoms with Crippen LogP contribution in [0.3, 0.4) is 0 Å². The van der Waals surface area contributed by atoms with Gasteiger partial charge in [0.05, 0.1) is 6.61 Å². The lowest BCUT2D eigenvalue weighted by Crippen LogP contribution is -2.51. The molecule has 0 aliphatic carbocycles. The monoisotopic (exact) mass is 428 g/mol. The molecule has 0 bridgehead atoms. The van der Waals surface area contributed by atoms with Crippen LogP contribution in [-0.4, -0.2) is 56.3 Å². The second-order valence-electron chi connectivity index (χ2n) is 8.19. The number of hydrogen-bond donors (Lipinski definition) is 1. The van der Waals surface area contributed by atoms with Gasteiger partial charge in [0.15, 0.2) is 0 Å². The zero-order chi connectivity index (χ0) is 22.2. The van der Waals surface area contributed by atoms with E-state index in [2.05, 4.69) is 5.32 Å². The number of piperidine rings is 1. The summed E-state index contributed by atoms with van der Waals surface area (Å²) in [5.41, 5.74) is 1.66. The maximum atomic E-state index is 14.5. The summed E-state index contributed by atoms with van der Waals surface area (Å²) in [5.74, 6) is 0.170. The molecule has 1 atom stereocenters. The van der Waals surface area contributed by atoms with Crippen molar-refractivity contribution in [3.63, 3.8) is 0 Å². The lowest BCUT2D eigenvalue weighted by Gasteiger charge is -2.37. The van der Waals surface area contributed by atoms with Crippen molar-refractivity contribution in [1.29, 1.82) is 0 Å². The molecule has 1 N–H and O–H groups in total. The van der Waals surface area contributed by atoms with Gasteiger partial charge in [0, 0.05) is 55.5 Å². The molecular weight excluding hydrogens is 395 g/mol. The molecule has 1 aliphatic heterocycles. The lowest BCUT2D eigenvalue weighted by atomic mass is 9.99. The first-order chi connectivity index (χ1) is 15.0.